The number of aliphatic carboxylic acids is 1. The van der Waals surface area contributed by atoms with E-state index in [-0.39, 0.29) is 12.0 Å². The van der Waals surface area contributed by atoms with Crippen LogP contribution in [0.25, 0.3) is 0 Å². The van der Waals surface area contributed by atoms with Crippen LogP contribution in [0.15, 0.2) is 42.5 Å². The number of carbonyl (C=O) groups excluding carboxylic acids is 1. The summed E-state index contributed by atoms with van der Waals surface area (Å²) in [4.78, 5) is 24.8. The molecule has 5 nitrogen and oxygen atoms in total. The van der Waals surface area contributed by atoms with Crippen LogP contribution in [0.5, 0.6) is 0 Å². The summed E-state index contributed by atoms with van der Waals surface area (Å²) in [5, 5.41) is 8.97. The molecular weight excluding hydrogens is 361 g/mol. The van der Waals surface area contributed by atoms with Crippen molar-refractivity contribution in [2.24, 2.45) is 5.73 Å². The fraction of sp³-hybridized carbons (Fsp3) is 0.263. The number of benzene rings is 2. The number of carbonyl (C=O) groups is 2. The molecule has 0 saturated heterocycles. The van der Waals surface area contributed by atoms with E-state index in [9.17, 15) is 22.8 Å². The lowest BCUT2D eigenvalue weighted by Gasteiger charge is -2.24. The number of hydrogen-bond acceptors (Lipinski definition) is 3. The lowest BCUT2D eigenvalue weighted by Crippen LogP contribution is -2.29. The van der Waals surface area contributed by atoms with Gasteiger partial charge in [0, 0.05) is 24.3 Å². The van der Waals surface area contributed by atoms with Crippen molar-refractivity contribution in [3.05, 3.63) is 64.7 Å². The molecule has 144 valence electrons. The Balaban J connectivity index is 2.41. The molecular formula is C19H19F3N2O3. The van der Waals surface area contributed by atoms with Crippen molar-refractivity contribution < 1.29 is 27.9 Å². The second-order valence-corrected chi connectivity index (χ2v) is 6.21. The van der Waals surface area contributed by atoms with Gasteiger partial charge in [0.2, 0.25) is 0 Å². The topological polar surface area (TPSA) is 83.6 Å². The number of nitrogens with zero attached hydrogens (tertiary/aromatic N) is 1. The van der Waals surface area contributed by atoms with Crippen LogP contribution in [0, 0.1) is 6.92 Å². The second kappa shape index (κ2) is 7.79. The van der Waals surface area contributed by atoms with Gasteiger partial charge in [-0.3, -0.25) is 9.59 Å². The molecule has 0 aliphatic heterocycles. The Labute approximate surface area is 154 Å². The predicted molar refractivity (Wildman–Crippen MR) is 94.5 cm³/mol. The Bertz CT molecular complexity index is 866. The van der Waals surface area contributed by atoms with E-state index in [1.54, 1.807) is 25.1 Å². The van der Waals surface area contributed by atoms with Crippen LogP contribution in [-0.2, 0) is 11.0 Å². The van der Waals surface area contributed by atoms with E-state index >= 15 is 0 Å². The van der Waals surface area contributed by atoms with Crippen LogP contribution in [0.3, 0.4) is 0 Å². The first-order chi connectivity index (χ1) is 12.5. The molecule has 1 amide bonds. The van der Waals surface area contributed by atoms with Crippen LogP contribution >= 0.6 is 0 Å². The second-order valence-electron chi connectivity index (χ2n) is 6.21. The van der Waals surface area contributed by atoms with Gasteiger partial charge in [-0.25, -0.2) is 0 Å². The predicted octanol–water partition coefficient (Wildman–Crippen LogP) is 3.76. The lowest BCUT2D eigenvalue weighted by atomic mass is 9.99. The van der Waals surface area contributed by atoms with Gasteiger partial charge in [0.1, 0.15) is 0 Å². The Morgan fingerprint density at radius 3 is 2.44 bits per heavy atom. The summed E-state index contributed by atoms with van der Waals surface area (Å²) in [5.74, 6) is -1.75. The maximum absolute atomic E-state index is 12.9. The quantitative estimate of drug-likeness (QED) is 0.827. The highest BCUT2D eigenvalue weighted by atomic mass is 19.4. The molecule has 0 aliphatic rings. The molecule has 0 fully saturated rings. The van der Waals surface area contributed by atoms with E-state index in [0.29, 0.717) is 11.3 Å². The van der Waals surface area contributed by atoms with Crippen molar-refractivity contribution in [1.82, 2.24) is 0 Å². The van der Waals surface area contributed by atoms with Gasteiger partial charge < -0.3 is 15.7 Å². The fourth-order valence-electron chi connectivity index (χ4n) is 2.71. The van der Waals surface area contributed by atoms with E-state index in [0.717, 1.165) is 23.8 Å². The van der Waals surface area contributed by atoms with Crippen molar-refractivity contribution in [3.63, 3.8) is 0 Å². The Morgan fingerprint density at radius 1 is 1.19 bits per heavy atom. The molecule has 0 radical (unpaired) electrons. The zero-order chi connectivity index (χ0) is 20.4. The smallest absolute Gasteiger partial charge is 0.416 e. The summed E-state index contributed by atoms with van der Waals surface area (Å²) in [6.07, 6.45) is -4.91. The third-order valence-corrected chi connectivity index (χ3v) is 4.08. The van der Waals surface area contributed by atoms with Crippen LogP contribution in [0.2, 0.25) is 0 Å². The van der Waals surface area contributed by atoms with Crippen LogP contribution < -0.4 is 10.6 Å². The number of hydrogen-bond donors (Lipinski definition) is 2. The minimum absolute atomic E-state index is 0.134. The number of carboxylic acid groups (broad SMARTS) is 1. The van der Waals surface area contributed by atoms with E-state index in [4.69, 9.17) is 10.8 Å². The molecule has 0 aromatic heterocycles. The third-order valence-electron chi connectivity index (χ3n) is 4.08. The highest BCUT2D eigenvalue weighted by molar-refractivity contribution is 6.06. The SMILES string of the molecule is Cc1ccc(N(C)C(=O)c2cccc(C(F)(F)F)c2)c(C(N)CC(=O)O)c1. The van der Waals surface area contributed by atoms with E-state index in [1.807, 2.05) is 0 Å². The molecule has 3 N–H and O–H groups in total. The van der Waals surface area contributed by atoms with Gasteiger partial charge in [0.05, 0.1) is 12.0 Å². The van der Waals surface area contributed by atoms with Gasteiger partial charge in [-0.05, 0) is 36.8 Å². The number of aryl methyl sites for hydroxylation is 1. The molecule has 0 aliphatic carbocycles. The maximum atomic E-state index is 12.9. The average molecular weight is 380 g/mol. The van der Waals surface area contributed by atoms with Crippen molar-refractivity contribution in [2.45, 2.75) is 25.6 Å². The molecule has 1 unspecified atom stereocenters. The fourth-order valence-corrected chi connectivity index (χ4v) is 2.71. The van der Waals surface area contributed by atoms with Gasteiger partial charge in [-0.15, -0.1) is 0 Å². The molecule has 0 spiro atoms. The molecule has 2 aromatic rings. The summed E-state index contributed by atoms with van der Waals surface area (Å²) in [6.45, 7) is 1.79. The van der Waals surface area contributed by atoms with Gasteiger partial charge in [0.25, 0.3) is 5.91 Å². The number of nitrogens with two attached hydrogens (primary N) is 1. The molecule has 2 aromatic carbocycles. The lowest BCUT2D eigenvalue weighted by molar-refractivity contribution is -0.138. The Kier molecular flexibility index (Phi) is 5.90. The monoisotopic (exact) mass is 380 g/mol. The number of anilines is 1. The van der Waals surface area contributed by atoms with E-state index in [1.165, 1.54) is 18.0 Å². The Morgan fingerprint density at radius 2 is 1.85 bits per heavy atom. The van der Waals surface area contributed by atoms with Gasteiger partial charge in [-0.1, -0.05) is 23.8 Å². The molecule has 0 bridgehead atoms. The normalized spacial score (nSPS) is 12.5. The third kappa shape index (κ3) is 4.85. The molecule has 0 saturated carbocycles. The van der Waals surface area contributed by atoms with Gasteiger partial charge in [-0.2, -0.15) is 13.2 Å². The van der Waals surface area contributed by atoms with Crippen molar-refractivity contribution in [3.8, 4) is 0 Å². The van der Waals surface area contributed by atoms with Crippen molar-refractivity contribution in [1.29, 1.82) is 0 Å². The first-order valence-electron chi connectivity index (χ1n) is 8.04. The number of amides is 1. The Hall–Kier alpha value is -2.87. The van der Waals surface area contributed by atoms with Crippen LogP contribution in [0.4, 0.5) is 18.9 Å². The first-order valence-corrected chi connectivity index (χ1v) is 8.04. The van der Waals surface area contributed by atoms with Gasteiger partial charge in [0.15, 0.2) is 0 Å². The van der Waals surface area contributed by atoms with E-state index < -0.39 is 29.7 Å². The minimum atomic E-state index is -4.56. The molecule has 0 heterocycles. The first kappa shape index (κ1) is 20.4. The number of rotatable bonds is 5. The molecule has 1 atom stereocenters. The molecule has 8 heteroatoms. The highest BCUT2D eigenvalue weighted by Crippen LogP contribution is 2.31. The summed E-state index contributed by atoms with van der Waals surface area (Å²) in [7, 11) is 1.41. The van der Waals surface area contributed by atoms with Crippen LogP contribution in [0.1, 0.15) is 39.5 Å². The number of alkyl halides is 3. The minimum Gasteiger partial charge on any atom is -0.481 e. The number of halogens is 3. The zero-order valence-corrected chi connectivity index (χ0v) is 14.7. The van der Waals surface area contributed by atoms with Gasteiger partial charge >= 0.3 is 12.1 Å². The average Bonchev–Trinajstić information content (AvgIpc) is 2.59. The van der Waals surface area contributed by atoms with E-state index in [2.05, 4.69) is 0 Å². The molecule has 2 rings (SSSR count). The zero-order valence-electron chi connectivity index (χ0n) is 14.7. The summed E-state index contributed by atoms with van der Waals surface area (Å²) in [5.41, 5.74) is 6.49. The van der Waals surface area contributed by atoms with Crippen LogP contribution in [-0.4, -0.2) is 24.0 Å². The number of carboxylic acids is 1. The highest BCUT2D eigenvalue weighted by Gasteiger charge is 2.31. The maximum Gasteiger partial charge on any atom is 0.416 e. The van der Waals surface area contributed by atoms with Crippen molar-refractivity contribution >= 4 is 17.6 Å². The summed E-state index contributed by atoms with van der Waals surface area (Å²) in [6, 6.07) is 8.23. The largest absolute Gasteiger partial charge is 0.481 e. The standard InChI is InChI=1S/C19H19F3N2O3/c1-11-6-7-16(14(8-11)15(23)10-17(25)26)24(2)18(27)12-4-3-5-13(9-12)19(20,21)22/h3-9,15H,10,23H2,1-2H3,(H,25,26). The summed E-state index contributed by atoms with van der Waals surface area (Å²) < 4.78 is 38.7. The molecule has 27 heavy (non-hydrogen) atoms. The van der Waals surface area contributed by atoms with Crippen molar-refractivity contribution in [2.75, 3.05) is 11.9 Å². The summed E-state index contributed by atoms with van der Waals surface area (Å²) >= 11 is 0.